The van der Waals surface area contributed by atoms with E-state index in [0.717, 1.165) is 0 Å². The van der Waals surface area contributed by atoms with Gasteiger partial charge < -0.3 is 15.2 Å². The second-order valence-corrected chi connectivity index (χ2v) is 7.94. The summed E-state index contributed by atoms with van der Waals surface area (Å²) in [5, 5.41) is 11.2. The third-order valence-corrected chi connectivity index (χ3v) is 4.02. The number of sulfonamides is 1. The number of benzene rings is 1. The fraction of sp³-hybridized carbons (Fsp3) is 0.467. The van der Waals surface area contributed by atoms with Crippen LogP contribution in [0.4, 0.5) is 4.79 Å². The van der Waals surface area contributed by atoms with Gasteiger partial charge in [0.2, 0.25) is 10.0 Å². The van der Waals surface area contributed by atoms with Crippen molar-refractivity contribution < 1.29 is 27.9 Å². The number of carbonyl (C=O) groups is 2. The summed E-state index contributed by atoms with van der Waals surface area (Å²) in [6, 6.07) is 7.02. The predicted molar refractivity (Wildman–Crippen MR) is 87.9 cm³/mol. The zero-order valence-corrected chi connectivity index (χ0v) is 14.6. The van der Waals surface area contributed by atoms with Gasteiger partial charge in [0.1, 0.15) is 11.6 Å². The number of carboxylic acids is 1. The largest absolute Gasteiger partial charge is 0.480 e. The van der Waals surface area contributed by atoms with E-state index in [-0.39, 0.29) is 5.75 Å². The average Bonchev–Trinajstić information content (AvgIpc) is 2.41. The Morgan fingerprint density at radius 2 is 1.79 bits per heavy atom. The van der Waals surface area contributed by atoms with Gasteiger partial charge in [-0.2, -0.15) is 0 Å². The molecule has 9 heteroatoms. The highest BCUT2D eigenvalue weighted by Crippen LogP contribution is 2.07. The lowest BCUT2D eigenvalue weighted by atomic mass is 10.2. The van der Waals surface area contributed by atoms with Crippen LogP contribution in [0.5, 0.6) is 0 Å². The molecule has 0 aliphatic rings. The van der Waals surface area contributed by atoms with Crippen LogP contribution in [-0.4, -0.2) is 43.8 Å². The first-order valence-electron chi connectivity index (χ1n) is 7.22. The van der Waals surface area contributed by atoms with Gasteiger partial charge in [0.15, 0.2) is 0 Å². The Labute approximate surface area is 141 Å². The summed E-state index contributed by atoms with van der Waals surface area (Å²) in [5.74, 6) is -1.66. The first-order chi connectivity index (χ1) is 11.0. The summed E-state index contributed by atoms with van der Waals surface area (Å²) in [4.78, 5) is 22.8. The molecule has 134 valence electrons. The Kier molecular flexibility index (Phi) is 6.73. The SMILES string of the molecule is CC(C)(C)OC(=O)NC(CNS(=O)(=O)Cc1ccccc1)C(=O)O. The van der Waals surface area contributed by atoms with E-state index in [1.165, 1.54) is 0 Å². The molecule has 1 aromatic carbocycles. The van der Waals surface area contributed by atoms with Crippen LogP contribution in [0.2, 0.25) is 0 Å². The third kappa shape index (κ3) is 7.93. The maximum Gasteiger partial charge on any atom is 0.408 e. The van der Waals surface area contributed by atoms with Crippen molar-refractivity contribution in [3.63, 3.8) is 0 Å². The normalized spacial score (nSPS) is 13.1. The molecule has 24 heavy (non-hydrogen) atoms. The van der Waals surface area contributed by atoms with E-state index in [2.05, 4.69) is 10.0 Å². The summed E-state index contributed by atoms with van der Waals surface area (Å²) in [7, 11) is -3.74. The number of carbonyl (C=O) groups excluding carboxylic acids is 1. The second-order valence-electron chi connectivity index (χ2n) is 6.13. The van der Waals surface area contributed by atoms with Gasteiger partial charge in [-0.05, 0) is 26.3 Å². The molecule has 0 saturated carbocycles. The highest BCUT2D eigenvalue weighted by atomic mass is 32.2. The predicted octanol–water partition coefficient (Wildman–Crippen LogP) is 1.08. The van der Waals surface area contributed by atoms with E-state index < -0.39 is 40.3 Å². The molecule has 0 fully saturated rings. The standard InChI is InChI=1S/C15H22N2O6S/c1-15(2,3)23-14(20)17-12(13(18)19)9-16-24(21,22)10-11-7-5-4-6-8-11/h4-8,12,16H,9-10H2,1-3H3,(H,17,20)(H,18,19). The first kappa shape index (κ1) is 19.9. The number of amides is 1. The van der Waals surface area contributed by atoms with Crippen molar-refractivity contribution in [3.05, 3.63) is 35.9 Å². The van der Waals surface area contributed by atoms with Gasteiger partial charge in [-0.3, -0.25) is 0 Å². The van der Waals surface area contributed by atoms with Crippen LogP contribution in [0.1, 0.15) is 26.3 Å². The number of carboxylic acid groups (broad SMARTS) is 1. The highest BCUT2D eigenvalue weighted by Gasteiger charge is 2.25. The van der Waals surface area contributed by atoms with E-state index in [0.29, 0.717) is 5.56 Å². The number of hydrogen-bond donors (Lipinski definition) is 3. The summed E-state index contributed by atoms with van der Waals surface area (Å²) in [6.45, 7) is 4.41. The number of rotatable bonds is 7. The van der Waals surface area contributed by atoms with Crippen LogP contribution >= 0.6 is 0 Å². The van der Waals surface area contributed by atoms with Crippen LogP contribution < -0.4 is 10.0 Å². The quantitative estimate of drug-likeness (QED) is 0.670. The van der Waals surface area contributed by atoms with Crippen LogP contribution in [0.3, 0.4) is 0 Å². The molecule has 0 radical (unpaired) electrons. The van der Waals surface area contributed by atoms with Crippen LogP contribution in [0.15, 0.2) is 30.3 Å². The summed E-state index contributed by atoms with van der Waals surface area (Å²) >= 11 is 0. The lowest BCUT2D eigenvalue weighted by Crippen LogP contribution is -2.49. The fourth-order valence-corrected chi connectivity index (χ4v) is 2.86. The molecular weight excluding hydrogens is 336 g/mol. The van der Waals surface area contributed by atoms with E-state index in [1.807, 2.05) is 0 Å². The summed E-state index contributed by atoms with van der Waals surface area (Å²) in [6.07, 6.45) is -0.933. The number of hydrogen-bond acceptors (Lipinski definition) is 5. The topological polar surface area (TPSA) is 122 Å². The van der Waals surface area contributed by atoms with E-state index in [9.17, 15) is 18.0 Å². The van der Waals surface area contributed by atoms with Gasteiger partial charge in [-0.1, -0.05) is 30.3 Å². The molecule has 1 rings (SSSR count). The highest BCUT2D eigenvalue weighted by molar-refractivity contribution is 7.88. The molecule has 0 bridgehead atoms. The van der Waals surface area contributed by atoms with Gasteiger partial charge in [-0.15, -0.1) is 0 Å². The van der Waals surface area contributed by atoms with E-state index in [1.54, 1.807) is 51.1 Å². The second kappa shape index (κ2) is 8.11. The van der Waals surface area contributed by atoms with Crippen molar-refractivity contribution in [2.24, 2.45) is 0 Å². The molecule has 0 saturated heterocycles. The number of aliphatic carboxylic acids is 1. The molecule has 1 aromatic rings. The minimum Gasteiger partial charge on any atom is -0.480 e. The molecule has 0 aromatic heterocycles. The van der Waals surface area contributed by atoms with Crippen LogP contribution in [0.25, 0.3) is 0 Å². The van der Waals surface area contributed by atoms with E-state index in [4.69, 9.17) is 9.84 Å². The monoisotopic (exact) mass is 358 g/mol. The lowest BCUT2D eigenvalue weighted by Gasteiger charge is -2.22. The molecular formula is C15H22N2O6S. The molecule has 0 aliphatic heterocycles. The minimum absolute atomic E-state index is 0.285. The van der Waals surface area contributed by atoms with Crippen molar-refractivity contribution in [1.29, 1.82) is 0 Å². The van der Waals surface area contributed by atoms with Gasteiger partial charge in [0.05, 0.1) is 5.75 Å². The maximum absolute atomic E-state index is 12.0. The molecule has 0 heterocycles. The minimum atomic E-state index is -3.74. The Bertz CT molecular complexity index is 667. The third-order valence-electron chi connectivity index (χ3n) is 2.70. The molecule has 0 aliphatic carbocycles. The van der Waals surface area contributed by atoms with Crippen molar-refractivity contribution >= 4 is 22.1 Å². The zero-order chi connectivity index (χ0) is 18.4. The van der Waals surface area contributed by atoms with Crippen molar-refractivity contribution in [2.75, 3.05) is 6.54 Å². The molecule has 3 N–H and O–H groups in total. The average molecular weight is 358 g/mol. The number of alkyl carbamates (subject to hydrolysis) is 1. The number of ether oxygens (including phenoxy) is 1. The molecule has 0 spiro atoms. The lowest BCUT2D eigenvalue weighted by molar-refractivity contribution is -0.139. The Hall–Kier alpha value is -2.13. The van der Waals surface area contributed by atoms with Gasteiger partial charge in [0, 0.05) is 6.54 Å². The Morgan fingerprint density at radius 3 is 2.29 bits per heavy atom. The summed E-state index contributed by atoms with van der Waals surface area (Å²) in [5.41, 5.74) is -0.225. The Balaban J connectivity index is 2.62. The van der Waals surface area contributed by atoms with Crippen LogP contribution in [0, 0.1) is 0 Å². The first-order valence-corrected chi connectivity index (χ1v) is 8.87. The van der Waals surface area contributed by atoms with Crippen molar-refractivity contribution in [2.45, 2.75) is 38.2 Å². The molecule has 1 amide bonds. The molecule has 1 unspecified atom stereocenters. The number of nitrogens with one attached hydrogen (secondary N) is 2. The Morgan fingerprint density at radius 1 is 1.21 bits per heavy atom. The van der Waals surface area contributed by atoms with E-state index >= 15 is 0 Å². The van der Waals surface area contributed by atoms with Gasteiger partial charge in [-0.25, -0.2) is 22.7 Å². The fourth-order valence-electron chi connectivity index (χ4n) is 1.70. The molecule has 8 nitrogen and oxygen atoms in total. The van der Waals surface area contributed by atoms with Crippen LogP contribution in [-0.2, 0) is 25.3 Å². The summed E-state index contributed by atoms with van der Waals surface area (Å²) < 4.78 is 31.1. The van der Waals surface area contributed by atoms with Crippen molar-refractivity contribution in [1.82, 2.24) is 10.0 Å². The molecule has 1 atom stereocenters. The smallest absolute Gasteiger partial charge is 0.408 e. The van der Waals surface area contributed by atoms with Crippen molar-refractivity contribution in [3.8, 4) is 0 Å². The zero-order valence-electron chi connectivity index (χ0n) is 13.8. The maximum atomic E-state index is 12.0. The van der Waals surface area contributed by atoms with Gasteiger partial charge in [0.25, 0.3) is 0 Å². The van der Waals surface area contributed by atoms with Gasteiger partial charge >= 0.3 is 12.1 Å².